The lowest BCUT2D eigenvalue weighted by atomic mass is 10.1. The van der Waals surface area contributed by atoms with Gasteiger partial charge >= 0.3 is 5.69 Å². The van der Waals surface area contributed by atoms with Crippen LogP contribution in [0.5, 0.6) is 0 Å². The van der Waals surface area contributed by atoms with Gasteiger partial charge in [0.05, 0.1) is 28.4 Å². The van der Waals surface area contributed by atoms with Gasteiger partial charge in [-0.25, -0.2) is 9.37 Å². The summed E-state index contributed by atoms with van der Waals surface area (Å²) in [6, 6.07) is 2.86. The number of pyridine rings is 1. The van der Waals surface area contributed by atoms with Crippen molar-refractivity contribution in [2.75, 3.05) is 5.32 Å². The van der Waals surface area contributed by atoms with E-state index in [1.54, 1.807) is 0 Å². The highest BCUT2D eigenvalue weighted by Gasteiger charge is 2.22. The molecule has 21 heavy (non-hydrogen) atoms. The van der Waals surface area contributed by atoms with E-state index in [4.69, 9.17) is 0 Å². The molecule has 0 saturated carbocycles. The molecule has 0 aliphatic heterocycles. The number of nitrogens with one attached hydrogen (secondary N) is 1. The van der Waals surface area contributed by atoms with Crippen LogP contribution in [0.25, 0.3) is 0 Å². The molecule has 0 fully saturated rings. The molecule has 9 heteroatoms. The van der Waals surface area contributed by atoms with E-state index in [1.807, 2.05) is 0 Å². The Morgan fingerprint density at radius 2 is 1.90 bits per heavy atom. The first-order valence-corrected chi connectivity index (χ1v) is 5.45. The van der Waals surface area contributed by atoms with Crippen molar-refractivity contribution >= 4 is 17.3 Å². The molecule has 108 valence electrons. The van der Waals surface area contributed by atoms with Crippen molar-refractivity contribution in [3.63, 3.8) is 0 Å². The smallest absolute Gasteiger partial charge is 0.307 e. The molecule has 1 aromatic heterocycles. The second kappa shape index (κ2) is 5.57. The van der Waals surface area contributed by atoms with Gasteiger partial charge in [-0.15, -0.1) is 0 Å². The lowest BCUT2D eigenvalue weighted by Gasteiger charge is -2.06. The largest absolute Gasteiger partial charge is 0.320 e. The van der Waals surface area contributed by atoms with E-state index in [9.17, 15) is 28.1 Å². The van der Waals surface area contributed by atoms with Crippen LogP contribution >= 0.6 is 0 Å². The van der Waals surface area contributed by atoms with Crippen LogP contribution in [0, 0.1) is 27.7 Å². The quantitative estimate of drug-likeness (QED) is 0.536. The monoisotopic (exact) mass is 297 g/mol. The molecule has 2 aromatic rings. The van der Waals surface area contributed by atoms with Gasteiger partial charge in [-0.1, -0.05) is 0 Å². The maximum Gasteiger partial charge on any atom is 0.307 e. The van der Waals surface area contributed by atoms with Crippen molar-refractivity contribution in [1.29, 1.82) is 0 Å². The zero-order chi connectivity index (χ0) is 15.6. The van der Waals surface area contributed by atoms with Gasteiger partial charge in [0, 0.05) is 0 Å². The Kier molecular flexibility index (Phi) is 3.83. The highest BCUT2D eigenvalue weighted by atomic mass is 19.1. The van der Waals surface area contributed by atoms with E-state index in [0.717, 1.165) is 12.3 Å². The van der Waals surface area contributed by atoms with E-state index in [2.05, 4.69) is 10.3 Å². The number of nitro groups is 1. The Hall–Kier alpha value is -2.97. The summed E-state index contributed by atoms with van der Waals surface area (Å²) >= 11 is 0. The van der Waals surface area contributed by atoms with Crippen molar-refractivity contribution in [3.8, 4) is 0 Å². The Morgan fingerprint density at radius 3 is 2.48 bits per heavy atom. The molecule has 1 aromatic carbocycles. The third-order valence-corrected chi connectivity index (χ3v) is 2.46. The Labute approximate surface area is 115 Å². The minimum Gasteiger partial charge on any atom is -0.320 e. The van der Waals surface area contributed by atoms with Crippen molar-refractivity contribution in [2.24, 2.45) is 0 Å². The molecule has 0 atom stereocenters. The van der Waals surface area contributed by atoms with Crippen molar-refractivity contribution in [2.45, 2.75) is 0 Å². The number of carbonyl (C=O) groups is 1. The topological polar surface area (TPSA) is 85.1 Å². The summed E-state index contributed by atoms with van der Waals surface area (Å²) in [6.45, 7) is 0. The first-order chi connectivity index (χ1) is 9.88. The number of aromatic nitrogens is 1. The maximum atomic E-state index is 13.6. The van der Waals surface area contributed by atoms with E-state index < -0.39 is 39.7 Å². The Bertz CT molecular complexity index is 720. The molecule has 6 nitrogen and oxygen atoms in total. The lowest BCUT2D eigenvalue weighted by Crippen LogP contribution is -2.15. The third-order valence-electron chi connectivity index (χ3n) is 2.46. The summed E-state index contributed by atoms with van der Waals surface area (Å²) in [5.74, 6) is -4.42. The second-order valence-corrected chi connectivity index (χ2v) is 3.86. The normalized spacial score (nSPS) is 10.2. The Morgan fingerprint density at radius 1 is 1.19 bits per heavy atom. The highest BCUT2D eigenvalue weighted by Crippen LogP contribution is 2.22. The van der Waals surface area contributed by atoms with Gasteiger partial charge in [0.15, 0.2) is 0 Å². The lowest BCUT2D eigenvalue weighted by molar-refractivity contribution is -0.387. The second-order valence-electron chi connectivity index (χ2n) is 3.86. The summed E-state index contributed by atoms with van der Waals surface area (Å²) in [7, 11) is 0. The van der Waals surface area contributed by atoms with Crippen LogP contribution in [0.2, 0.25) is 0 Å². The molecule has 1 N–H and O–H groups in total. The van der Waals surface area contributed by atoms with Gasteiger partial charge in [0.25, 0.3) is 5.91 Å². The molecular weight excluding hydrogens is 291 g/mol. The molecule has 0 unspecified atom stereocenters. The van der Waals surface area contributed by atoms with Crippen LogP contribution in [0.1, 0.15) is 10.4 Å². The highest BCUT2D eigenvalue weighted by molar-refractivity contribution is 6.04. The first-order valence-electron chi connectivity index (χ1n) is 5.45. The van der Waals surface area contributed by atoms with Crippen molar-refractivity contribution in [3.05, 3.63) is 63.7 Å². The summed E-state index contributed by atoms with van der Waals surface area (Å²) in [5, 5.41) is 12.6. The van der Waals surface area contributed by atoms with Crippen LogP contribution < -0.4 is 5.32 Å². The molecule has 0 aliphatic carbocycles. The molecular formula is C12H6F3N3O3. The molecule has 0 radical (unpaired) electrons. The number of hydrogen-bond donors (Lipinski definition) is 1. The van der Waals surface area contributed by atoms with Gasteiger partial charge in [-0.3, -0.25) is 14.9 Å². The number of rotatable bonds is 3. The summed E-state index contributed by atoms with van der Waals surface area (Å²) < 4.78 is 39.6. The van der Waals surface area contributed by atoms with E-state index >= 15 is 0 Å². The van der Waals surface area contributed by atoms with Crippen LogP contribution in [0.3, 0.4) is 0 Å². The number of carbonyl (C=O) groups excluding carboxylic acids is 1. The minimum atomic E-state index is -1.34. The van der Waals surface area contributed by atoms with E-state index in [0.29, 0.717) is 12.1 Å². The fourth-order valence-electron chi connectivity index (χ4n) is 1.50. The van der Waals surface area contributed by atoms with E-state index in [1.165, 1.54) is 6.07 Å². The molecule has 0 bridgehead atoms. The maximum absolute atomic E-state index is 13.6. The summed E-state index contributed by atoms with van der Waals surface area (Å²) in [5.41, 5.74) is -1.74. The molecule has 0 spiro atoms. The molecule has 0 aliphatic rings. The van der Waals surface area contributed by atoms with Crippen molar-refractivity contribution < 1.29 is 22.9 Å². The fourth-order valence-corrected chi connectivity index (χ4v) is 1.50. The van der Waals surface area contributed by atoms with Gasteiger partial charge in [0.1, 0.15) is 5.82 Å². The fraction of sp³-hybridized carbons (Fsp3) is 0. The molecule has 1 amide bonds. The summed E-state index contributed by atoms with van der Waals surface area (Å²) in [6.07, 6.45) is 0.979. The van der Waals surface area contributed by atoms with Gasteiger partial charge in [-0.05, 0) is 18.2 Å². The molecule has 2 rings (SSSR count). The number of nitrogens with zero attached hydrogens (tertiary/aromatic N) is 2. The van der Waals surface area contributed by atoms with Gasteiger partial charge in [-0.2, -0.15) is 8.78 Å². The predicted molar refractivity (Wildman–Crippen MR) is 65.2 cm³/mol. The van der Waals surface area contributed by atoms with Crippen LogP contribution in [0.4, 0.5) is 24.5 Å². The Balaban J connectivity index is 2.29. The average molecular weight is 297 g/mol. The number of halogens is 3. The van der Waals surface area contributed by atoms with Gasteiger partial charge < -0.3 is 5.32 Å². The predicted octanol–water partition coefficient (Wildman–Crippen LogP) is 2.66. The number of amides is 1. The minimum absolute atomic E-state index is 0.0551. The SMILES string of the molecule is O=C(Nc1ccc(F)nc1)c1cc(F)c([N+](=O)[O-])cc1F. The number of hydrogen-bond acceptors (Lipinski definition) is 4. The van der Waals surface area contributed by atoms with Crippen LogP contribution in [-0.2, 0) is 0 Å². The van der Waals surface area contributed by atoms with Crippen LogP contribution in [0.15, 0.2) is 30.5 Å². The molecule has 1 heterocycles. The number of benzene rings is 1. The first kappa shape index (κ1) is 14.4. The standard InChI is InChI=1S/C12H6F3N3O3/c13-8-4-10(18(20)21)9(14)3-7(8)12(19)17-6-1-2-11(15)16-5-6/h1-5H,(H,17,19). The third kappa shape index (κ3) is 3.14. The number of nitro benzene ring substituents is 1. The van der Waals surface area contributed by atoms with E-state index in [-0.39, 0.29) is 5.69 Å². The van der Waals surface area contributed by atoms with Crippen molar-refractivity contribution in [1.82, 2.24) is 4.98 Å². The zero-order valence-corrected chi connectivity index (χ0v) is 10.1. The number of anilines is 1. The van der Waals surface area contributed by atoms with Gasteiger partial charge in [0.2, 0.25) is 11.8 Å². The zero-order valence-electron chi connectivity index (χ0n) is 10.1. The summed E-state index contributed by atoms with van der Waals surface area (Å²) in [4.78, 5) is 24.3. The average Bonchev–Trinajstić information content (AvgIpc) is 2.43. The molecule has 0 saturated heterocycles. The van der Waals surface area contributed by atoms with Crippen LogP contribution in [-0.4, -0.2) is 15.8 Å².